The molecule has 86 valence electrons. The first-order chi connectivity index (χ1) is 8.13. The Bertz CT molecular complexity index is 664. The van der Waals surface area contributed by atoms with E-state index in [4.69, 9.17) is 6.57 Å². The Morgan fingerprint density at radius 2 is 2.12 bits per heavy atom. The van der Waals surface area contributed by atoms with Gasteiger partial charge in [0.05, 0.1) is 23.3 Å². The fraction of sp³-hybridized carbons (Fsp3) is 0.333. The summed E-state index contributed by atoms with van der Waals surface area (Å²) in [7, 11) is -3.26. The van der Waals surface area contributed by atoms with Gasteiger partial charge in [0.1, 0.15) is 0 Å². The van der Waals surface area contributed by atoms with E-state index < -0.39 is 9.84 Å². The summed E-state index contributed by atoms with van der Waals surface area (Å²) in [6.45, 7) is 7.50. The summed E-state index contributed by atoms with van der Waals surface area (Å²) in [5, 5.41) is -0.249. The molecule has 2 aliphatic rings. The lowest BCUT2D eigenvalue weighted by Gasteiger charge is -2.08. The molecule has 1 aliphatic heterocycles. The second-order valence-corrected chi connectivity index (χ2v) is 6.54. The van der Waals surface area contributed by atoms with Crippen molar-refractivity contribution < 1.29 is 8.42 Å². The number of aliphatic imine (C=N–C) groups is 1. The van der Waals surface area contributed by atoms with E-state index in [1.54, 1.807) is 12.3 Å². The van der Waals surface area contributed by atoms with Gasteiger partial charge in [-0.25, -0.2) is 13.3 Å². The highest BCUT2D eigenvalue weighted by atomic mass is 32.2. The number of nitrogens with zero attached hydrogens (tertiary/aromatic N) is 2. The van der Waals surface area contributed by atoms with E-state index in [9.17, 15) is 8.42 Å². The zero-order valence-corrected chi connectivity index (χ0v) is 9.87. The van der Waals surface area contributed by atoms with Crippen molar-refractivity contribution in [2.24, 2.45) is 4.99 Å². The molecule has 1 fully saturated rings. The standard InChI is InChI=1S/C12H10N2O2S/c1-13-9-4-8-6-14-7-11(8)12(5-9)17(15,16)10-2-3-10/h4-5,7,10H,2-3,6H2. The van der Waals surface area contributed by atoms with Crippen LogP contribution in [0.15, 0.2) is 22.0 Å². The largest absolute Gasteiger partial charge is 0.288 e. The summed E-state index contributed by atoms with van der Waals surface area (Å²) < 4.78 is 24.5. The third-order valence-electron chi connectivity index (χ3n) is 3.09. The number of benzene rings is 1. The normalized spacial score (nSPS) is 17.8. The van der Waals surface area contributed by atoms with Crippen LogP contribution in [0.25, 0.3) is 4.85 Å². The third-order valence-corrected chi connectivity index (χ3v) is 5.39. The zero-order chi connectivity index (χ0) is 12.0. The number of rotatable bonds is 2. The van der Waals surface area contributed by atoms with Crippen LogP contribution >= 0.6 is 0 Å². The van der Waals surface area contributed by atoms with Crippen LogP contribution in [0.3, 0.4) is 0 Å². The summed E-state index contributed by atoms with van der Waals surface area (Å²) >= 11 is 0. The van der Waals surface area contributed by atoms with Crippen molar-refractivity contribution in [2.75, 3.05) is 0 Å². The van der Waals surface area contributed by atoms with Crippen LogP contribution in [0.1, 0.15) is 24.0 Å². The van der Waals surface area contributed by atoms with Gasteiger partial charge in [0.2, 0.25) is 0 Å². The molecule has 1 aromatic carbocycles. The first-order valence-electron chi connectivity index (χ1n) is 5.41. The third kappa shape index (κ3) is 1.56. The van der Waals surface area contributed by atoms with Gasteiger partial charge in [0, 0.05) is 11.8 Å². The molecular weight excluding hydrogens is 236 g/mol. The summed E-state index contributed by atoms with van der Waals surface area (Å²) in [6, 6.07) is 3.21. The van der Waals surface area contributed by atoms with Crippen LogP contribution in [0, 0.1) is 6.57 Å². The molecule has 0 bridgehead atoms. The van der Waals surface area contributed by atoms with Crippen molar-refractivity contribution in [1.29, 1.82) is 0 Å². The van der Waals surface area contributed by atoms with E-state index in [0.717, 1.165) is 18.4 Å². The van der Waals surface area contributed by atoms with E-state index in [1.807, 2.05) is 0 Å². The van der Waals surface area contributed by atoms with Crippen molar-refractivity contribution in [2.45, 2.75) is 29.5 Å². The summed E-state index contributed by atoms with van der Waals surface area (Å²) in [5.41, 5.74) is 1.91. The fourth-order valence-electron chi connectivity index (χ4n) is 2.04. The zero-order valence-electron chi connectivity index (χ0n) is 9.05. The van der Waals surface area contributed by atoms with Crippen LogP contribution in [0.4, 0.5) is 5.69 Å². The Balaban J connectivity index is 2.25. The number of fused-ring (bicyclic) bond motifs is 1. The van der Waals surface area contributed by atoms with Crippen LogP contribution in [0.5, 0.6) is 0 Å². The van der Waals surface area contributed by atoms with E-state index >= 15 is 0 Å². The first kappa shape index (κ1) is 10.5. The SMILES string of the molecule is [C-]#[N+]c1cc2c(c(S(=O)(=O)C3CC3)c1)C=NC2. The van der Waals surface area contributed by atoms with Crippen LogP contribution in [-0.4, -0.2) is 19.9 Å². The lowest BCUT2D eigenvalue weighted by molar-refractivity contribution is 0.594. The molecule has 0 unspecified atom stereocenters. The Morgan fingerprint density at radius 3 is 2.76 bits per heavy atom. The average molecular weight is 246 g/mol. The van der Waals surface area contributed by atoms with Gasteiger partial charge in [-0.05, 0) is 24.5 Å². The second kappa shape index (κ2) is 3.41. The Hall–Kier alpha value is -1.67. The molecule has 1 aromatic rings. The molecule has 3 rings (SSSR count). The molecule has 0 amide bonds. The molecule has 4 nitrogen and oxygen atoms in total. The highest BCUT2D eigenvalue weighted by Gasteiger charge is 2.38. The van der Waals surface area contributed by atoms with Gasteiger partial charge in [-0.2, -0.15) is 0 Å². The second-order valence-electron chi connectivity index (χ2n) is 4.34. The van der Waals surface area contributed by atoms with Gasteiger partial charge in [0.15, 0.2) is 15.5 Å². The first-order valence-corrected chi connectivity index (χ1v) is 6.95. The maximum Gasteiger partial charge on any atom is 0.188 e. The van der Waals surface area contributed by atoms with Gasteiger partial charge in [-0.1, -0.05) is 6.07 Å². The lowest BCUT2D eigenvalue weighted by atomic mass is 10.1. The molecule has 5 heteroatoms. The van der Waals surface area contributed by atoms with E-state index in [-0.39, 0.29) is 5.25 Å². The van der Waals surface area contributed by atoms with Crippen molar-refractivity contribution in [1.82, 2.24) is 0 Å². The van der Waals surface area contributed by atoms with Crippen molar-refractivity contribution in [3.8, 4) is 0 Å². The lowest BCUT2D eigenvalue weighted by Crippen LogP contribution is -2.10. The monoisotopic (exact) mass is 246 g/mol. The van der Waals surface area contributed by atoms with Gasteiger partial charge in [-0.3, -0.25) is 4.99 Å². The van der Waals surface area contributed by atoms with Gasteiger partial charge >= 0.3 is 0 Å². The maximum atomic E-state index is 12.3. The molecule has 0 spiro atoms. The molecule has 0 saturated heterocycles. The molecule has 0 atom stereocenters. The minimum atomic E-state index is -3.26. The molecule has 1 aliphatic carbocycles. The number of hydrogen-bond donors (Lipinski definition) is 0. The number of sulfone groups is 1. The summed E-state index contributed by atoms with van der Waals surface area (Å²) in [5.74, 6) is 0. The molecule has 0 N–H and O–H groups in total. The molecule has 0 radical (unpaired) electrons. The predicted octanol–water partition coefficient (Wildman–Crippen LogP) is 2.11. The highest BCUT2D eigenvalue weighted by molar-refractivity contribution is 7.92. The van der Waals surface area contributed by atoms with E-state index in [2.05, 4.69) is 9.84 Å². The van der Waals surface area contributed by atoms with Gasteiger partial charge in [0.25, 0.3) is 0 Å². The van der Waals surface area contributed by atoms with Crippen LogP contribution in [0.2, 0.25) is 0 Å². The van der Waals surface area contributed by atoms with Crippen molar-refractivity contribution in [3.05, 3.63) is 34.7 Å². The Morgan fingerprint density at radius 1 is 1.35 bits per heavy atom. The summed E-state index contributed by atoms with van der Waals surface area (Å²) in [4.78, 5) is 7.72. The molecular formula is C12H10N2O2S. The van der Waals surface area contributed by atoms with Crippen LogP contribution < -0.4 is 0 Å². The van der Waals surface area contributed by atoms with Gasteiger partial charge in [-0.15, -0.1) is 0 Å². The topological polar surface area (TPSA) is 50.9 Å². The van der Waals surface area contributed by atoms with Gasteiger partial charge < -0.3 is 0 Å². The Labute approximate surface area is 99.7 Å². The molecule has 1 heterocycles. The minimum absolute atomic E-state index is 0.249. The van der Waals surface area contributed by atoms with E-state index in [1.165, 1.54) is 6.07 Å². The molecule has 1 saturated carbocycles. The molecule has 0 aromatic heterocycles. The summed E-state index contributed by atoms with van der Waals surface area (Å²) in [6.07, 6.45) is 3.07. The Kier molecular flexibility index (Phi) is 2.10. The average Bonchev–Trinajstić information content (AvgIpc) is 3.07. The predicted molar refractivity (Wildman–Crippen MR) is 64.2 cm³/mol. The minimum Gasteiger partial charge on any atom is -0.288 e. The number of hydrogen-bond acceptors (Lipinski definition) is 3. The smallest absolute Gasteiger partial charge is 0.188 e. The maximum absolute atomic E-state index is 12.3. The highest BCUT2D eigenvalue weighted by Crippen LogP contribution is 2.38. The fourth-order valence-corrected chi connectivity index (χ4v) is 3.93. The van der Waals surface area contributed by atoms with Crippen molar-refractivity contribution >= 4 is 21.7 Å². The van der Waals surface area contributed by atoms with Crippen molar-refractivity contribution in [3.63, 3.8) is 0 Å². The van der Waals surface area contributed by atoms with E-state index in [0.29, 0.717) is 22.7 Å². The molecule has 17 heavy (non-hydrogen) atoms. The quantitative estimate of drug-likeness (QED) is 0.750. The van der Waals surface area contributed by atoms with Crippen LogP contribution in [-0.2, 0) is 16.4 Å².